The van der Waals surface area contributed by atoms with Crippen molar-refractivity contribution in [1.82, 2.24) is 14.7 Å². The van der Waals surface area contributed by atoms with Crippen molar-refractivity contribution in [2.45, 2.75) is 44.2 Å². The molecule has 3 rings (SSSR count). The Morgan fingerprint density at radius 3 is 2.20 bits per heavy atom. The Hall–Kier alpha value is -1.97. The normalized spacial score (nSPS) is 26.8. The van der Waals surface area contributed by atoms with Crippen LogP contribution < -0.4 is 0 Å². The van der Waals surface area contributed by atoms with Crippen molar-refractivity contribution in [3.63, 3.8) is 0 Å². The molecule has 10 heteroatoms. The average Bonchev–Trinajstić information content (AvgIpc) is 3.23. The van der Waals surface area contributed by atoms with Gasteiger partial charge in [0.15, 0.2) is 9.84 Å². The highest BCUT2D eigenvalue weighted by Crippen LogP contribution is 2.29. The van der Waals surface area contributed by atoms with Crippen LogP contribution in [0.3, 0.4) is 0 Å². The van der Waals surface area contributed by atoms with E-state index in [-0.39, 0.29) is 17.5 Å². The molecule has 1 aliphatic carbocycles. The zero-order valence-electron chi connectivity index (χ0n) is 14.0. The van der Waals surface area contributed by atoms with Crippen molar-refractivity contribution in [3.8, 4) is 0 Å². The summed E-state index contributed by atoms with van der Waals surface area (Å²) in [6.07, 6.45) is 3.84. The van der Waals surface area contributed by atoms with Gasteiger partial charge in [-0.05, 0) is 19.3 Å². The Balaban J connectivity index is 1.79. The molecule has 2 aliphatic heterocycles. The number of sulfone groups is 1. The van der Waals surface area contributed by atoms with Crippen LogP contribution in [0.4, 0.5) is 4.79 Å². The van der Waals surface area contributed by atoms with Gasteiger partial charge in [-0.25, -0.2) is 18.1 Å². The molecule has 138 valence electrons. The lowest BCUT2D eigenvalue weighted by molar-refractivity contribution is -0.145. The van der Waals surface area contributed by atoms with Gasteiger partial charge in [0, 0.05) is 19.1 Å². The van der Waals surface area contributed by atoms with Gasteiger partial charge < -0.3 is 4.90 Å². The molecular formula is C15H21N3O6S. The van der Waals surface area contributed by atoms with E-state index >= 15 is 0 Å². The van der Waals surface area contributed by atoms with Crippen molar-refractivity contribution >= 4 is 33.6 Å². The predicted octanol–water partition coefficient (Wildman–Crippen LogP) is -0.635. The van der Waals surface area contributed by atoms with Crippen LogP contribution in [0.15, 0.2) is 0 Å². The van der Waals surface area contributed by atoms with E-state index in [1.165, 1.54) is 7.05 Å². The van der Waals surface area contributed by atoms with Crippen molar-refractivity contribution in [3.05, 3.63) is 0 Å². The minimum absolute atomic E-state index is 0.0387. The van der Waals surface area contributed by atoms with Crippen LogP contribution in [0.2, 0.25) is 0 Å². The van der Waals surface area contributed by atoms with Gasteiger partial charge in [-0.3, -0.25) is 19.3 Å². The number of carbonyl (C=O) groups excluding carboxylic acids is 4. The molecule has 5 amide bonds. The Labute approximate surface area is 145 Å². The van der Waals surface area contributed by atoms with E-state index in [4.69, 9.17) is 0 Å². The first-order chi connectivity index (χ1) is 11.7. The van der Waals surface area contributed by atoms with Crippen molar-refractivity contribution < 1.29 is 27.6 Å². The lowest BCUT2D eigenvalue weighted by atomic mass is 10.1. The van der Waals surface area contributed by atoms with E-state index in [9.17, 15) is 27.6 Å². The minimum Gasteiger partial charge on any atom is -0.334 e. The Morgan fingerprint density at radius 1 is 1.08 bits per heavy atom. The number of carbonyl (C=O) groups is 4. The van der Waals surface area contributed by atoms with Crippen LogP contribution in [0, 0.1) is 0 Å². The number of urea groups is 1. The molecule has 0 N–H and O–H groups in total. The number of amides is 5. The van der Waals surface area contributed by atoms with Crippen LogP contribution in [-0.2, 0) is 24.2 Å². The fourth-order valence-electron chi connectivity index (χ4n) is 3.85. The SMILES string of the molecule is CN1C(=O)C(=O)N(CC(=O)N(C2CCCC2)C2CCS(=O)(=O)C2)C1=O. The largest absolute Gasteiger partial charge is 0.334 e. The predicted molar refractivity (Wildman–Crippen MR) is 86.0 cm³/mol. The summed E-state index contributed by atoms with van der Waals surface area (Å²) in [6.45, 7) is -0.527. The second kappa shape index (κ2) is 6.40. The number of nitrogens with zero attached hydrogens (tertiary/aromatic N) is 3. The van der Waals surface area contributed by atoms with Crippen LogP contribution >= 0.6 is 0 Å². The summed E-state index contributed by atoms with van der Waals surface area (Å²) >= 11 is 0. The molecule has 0 spiro atoms. The van der Waals surface area contributed by atoms with Gasteiger partial charge in [0.1, 0.15) is 6.54 Å². The number of imide groups is 2. The van der Waals surface area contributed by atoms with Gasteiger partial charge in [0.05, 0.1) is 11.5 Å². The van der Waals surface area contributed by atoms with Crippen molar-refractivity contribution in [2.75, 3.05) is 25.1 Å². The Bertz CT molecular complexity index is 728. The van der Waals surface area contributed by atoms with Crippen LogP contribution in [0.5, 0.6) is 0 Å². The van der Waals surface area contributed by atoms with E-state index in [2.05, 4.69) is 0 Å². The fraction of sp³-hybridized carbons (Fsp3) is 0.733. The summed E-state index contributed by atoms with van der Waals surface area (Å²) in [4.78, 5) is 51.1. The Kier molecular flexibility index (Phi) is 4.56. The van der Waals surface area contributed by atoms with E-state index < -0.39 is 46.2 Å². The first-order valence-electron chi connectivity index (χ1n) is 8.36. The molecule has 0 aromatic heterocycles. The highest BCUT2D eigenvalue weighted by molar-refractivity contribution is 7.91. The maximum Gasteiger partial charge on any atom is 0.334 e. The van der Waals surface area contributed by atoms with E-state index in [1.807, 2.05) is 0 Å². The molecule has 9 nitrogen and oxygen atoms in total. The third-order valence-corrected chi connectivity index (χ3v) is 6.90. The van der Waals surface area contributed by atoms with Crippen LogP contribution in [0.25, 0.3) is 0 Å². The maximum absolute atomic E-state index is 12.8. The lowest BCUT2D eigenvalue weighted by Gasteiger charge is -2.34. The lowest BCUT2D eigenvalue weighted by Crippen LogP contribution is -2.51. The van der Waals surface area contributed by atoms with Gasteiger partial charge in [0.2, 0.25) is 5.91 Å². The van der Waals surface area contributed by atoms with Crippen LogP contribution in [0.1, 0.15) is 32.1 Å². The van der Waals surface area contributed by atoms with E-state index in [0.717, 1.165) is 25.7 Å². The first kappa shape index (κ1) is 17.8. The summed E-state index contributed by atoms with van der Waals surface area (Å²) in [6, 6.07) is -1.33. The second-order valence-electron chi connectivity index (χ2n) is 6.83. The summed E-state index contributed by atoms with van der Waals surface area (Å²) in [5, 5.41) is 0. The molecule has 25 heavy (non-hydrogen) atoms. The topological polar surface area (TPSA) is 112 Å². The molecule has 1 atom stereocenters. The van der Waals surface area contributed by atoms with Gasteiger partial charge in [0.25, 0.3) is 0 Å². The summed E-state index contributed by atoms with van der Waals surface area (Å²) in [5.41, 5.74) is 0. The highest BCUT2D eigenvalue weighted by Gasteiger charge is 2.45. The van der Waals surface area contributed by atoms with Gasteiger partial charge in [-0.2, -0.15) is 0 Å². The number of likely N-dealkylation sites (N-methyl/N-ethyl adjacent to an activating group) is 1. The van der Waals surface area contributed by atoms with Crippen LogP contribution in [-0.4, -0.2) is 84.1 Å². The Morgan fingerprint density at radius 2 is 1.72 bits per heavy atom. The maximum atomic E-state index is 12.8. The molecule has 0 aromatic rings. The molecule has 2 saturated heterocycles. The quantitative estimate of drug-likeness (QED) is 0.480. The van der Waals surface area contributed by atoms with E-state index in [1.54, 1.807) is 4.90 Å². The minimum atomic E-state index is -3.17. The smallest absolute Gasteiger partial charge is 0.334 e. The summed E-state index contributed by atoms with van der Waals surface area (Å²) in [5.74, 6) is -2.51. The van der Waals surface area contributed by atoms with Gasteiger partial charge >= 0.3 is 17.8 Å². The van der Waals surface area contributed by atoms with Crippen molar-refractivity contribution in [1.29, 1.82) is 0 Å². The first-order valence-corrected chi connectivity index (χ1v) is 10.2. The van der Waals surface area contributed by atoms with Crippen molar-refractivity contribution in [2.24, 2.45) is 0 Å². The summed E-state index contributed by atoms with van der Waals surface area (Å²) in [7, 11) is -1.99. The van der Waals surface area contributed by atoms with E-state index in [0.29, 0.717) is 16.2 Å². The molecule has 3 aliphatic rings. The molecule has 3 fully saturated rings. The highest BCUT2D eigenvalue weighted by atomic mass is 32.2. The molecule has 1 saturated carbocycles. The standard InChI is InChI=1S/C15H21N3O6S/c1-16-13(20)14(21)17(15(16)22)8-12(19)18(10-4-2-3-5-10)11-6-7-25(23,24)9-11/h10-11H,2-9H2,1H3. The second-order valence-corrected chi connectivity index (χ2v) is 9.06. The zero-order valence-corrected chi connectivity index (χ0v) is 14.8. The fourth-order valence-corrected chi connectivity index (χ4v) is 5.56. The summed E-state index contributed by atoms with van der Waals surface area (Å²) < 4.78 is 23.6. The average molecular weight is 371 g/mol. The third-order valence-electron chi connectivity index (χ3n) is 5.15. The van der Waals surface area contributed by atoms with Gasteiger partial charge in [-0.15, -0.1) is 0 Å². The number of hydrogen-bond acceptors (Lipinski definition) is 6. The monoisotopic (exact) mass is 371 g/mol. The molecule has 0 bridgehead atoms. The molecule has 2 heterocycles. The molecule has 0 radical (unpaired) electrons. The number of hydrogen-bond donors (Lipinski definition) is 0. The van der Waals surface area contributed by atoms with Gasteiger partial charge in [-0.1, -0.05) is 12.8 Å². The molecule has 1 unspecified atom stereocenters. The zero-order chi connectivity index (χ0) is 18.4. The number of rotatable bonds is 4. The third kappa shape index (κ3) is 3.26. The molecule has 0 aromatic carbocycles. The molecular weight excluding hydrogens is 350 g/mol.